The Morgan fingerprint density at radius 2 is 2.31 bits per heavy atom. The van der Waals surface area contributed by atoms with Crippen molar-refractivity contribution < 1.29 is 9.90 Å². The molecule has 0 saturated carbocycles. The van der Waals surface area contributed by atoms with Crippen molar-refractivity contribution in [1.82, 2.24) is 4.98 Å². The van der Waals surface area contributed by atoms with Gasteiger partial charge in [-0.05, 0) is 12.8 Å². The second-order valence-electron chi connectivity index (χ2n) is 4.03. The summed E-state index contributed by atoms with van der Waals surface area (Å²) in [7, 11) is 0. The van der Waals surface area contributed by atoms with Crippen molar-refractivity contribution in [2.45, 2.75) is 39.7 Å². The number of carboxylic acid groups (broad SMARTS) is 1. The molecule has 0 aliphatic heterocycles. The van der Waals surface area contributed by atoms with Gasteiger partial charge >= 0.3 is 5.97 Å². The zero-order valence-electron chi connectivity index (χ0n) is 9.86. The summed E-state index contributed by atoms with van der Waals surface area (Å²) in [6.07, 6.45) is 1.11. The molecule has 90 valence electrons. The monoisotopic (exact) mass is 242 g/mol. The fourth-order valence-corrected chi connectivity index (χ4v) is 2.11. The molecule has 0 unspecified atom stereocenters. The summed E-state index contributed by atoms with van der Waals surface area (Å²) < 4.78 is 0. The molecule has 0 aliphatic rings. The number of carboxylic acids is 1. The Balaban J connectivity index is 2.54. The van der Waals surface area contributed by atoms with Gasteiger partial charge in [0.15, 0.2) is 5.13 Å². The number of thiazole rings is 1. The van der Waals surface area contributed by atoms with E-state index in [1.165, 1.54) is 11.3 Å². The van der Waals surface area contributed by atoms with E-state index in [0.717, 1.165) is 11.6 Å². The van der Waals surface area contributed by atoms with Crippen molar-refractivity contribution in [3.8, 4) is 0 Å². The van der Waals surface area contributed by atoms with Gasteiger partial charge in [-0.1, -0.05) is 20.3 Å². The van der Waals surface area contributed by atoms with Gasteiger partial charge in [0.25, 0.3) is 0 Å². The van der Waals surface area contributed by atoms with Gasteiger partial charge in [0, 0.05) is 11.4 Å². The van der Waals surface area contributed by atoms with E-state index in [1.807, 2.05) is 0 Å². The predicted molar refractivity (Wildman–Crippen MR) is 66.0 cm³/mol. The van der Waals surface area contributed by atoms with Crippen molar-refractivity contribution >= 4 is 22.4 Å². The van der Waals surface area contributed by atoms with E-state index in [1.54, 1.807) is 5.38 Å². The van der Waals surface area contributed by atoms with Crippen LogP contribution in [-0.2, 0) is 11.2 Å². The summed E-state index contributed by atoms with van der Waals surface area (Å²) in [4.78, 5) is 14.7. The van der Waals surface area contributed by atoms with Gasteiger partial charge in [-0.25, -0.2) is 4.98 Å². The zero-order chi connectivity index (χ0) is 12.1. The molecule has 1 aromatic heterocycles. The van der Waals surface area contributed by atoms with Gasteiger partial charge in [-0.15, -0.1) is 11.3 Å². The van der Waals surface area contributed by atoms with Crippen LogP contribution in [0.15, 0.2) is 5.38 Å². The third kappa shape index (κ3) is 3.81. The second-order valence-corrected chi connectivity index (χ2v) is 4.89. The Morgan fingerprint density at radius 1 is 1.62 bits per heavy atom. The van der Waals surface area contributed by atoms with Crippen molar-refractivity contribution in [2.24, 2.45) is 5.92 Å². The molecule has 0 bridgehead atoms. The summed E-state index contributed by atoms with van der Waals surface area (Å²) >= 11 is 1.46. The largest absolute Gasteiger partial charge is 0.481 e. The molecule has 2 atom stereocenters. The number of rotatable bonds is 6. The van der Waals surface area contributed by atoms with Gasteiger partial charge in [0.2, 0.25) is 0 Å². The Kier molecular flexibility index (Phi) is 4.73. The maximum absolute atomic E-state index is 10.5. The average molecular weight is 242 g/mol. The maximum Gasteiger partial charge on any atom is 0.309 e. The molecular weight excluding hydrogens is 224 g/mol. The molecule has 1 rings (SSSR count). The van der Waals surface area contributed by atoms with Gasteiger partial charge in [0.1, 0.15) is 0 Å². The minimum Gasteiger partial charge on any atom is -0.481 e. The highest BCUT2D eigenvalue weighted by Crippen LogP contribution is 2.19. The molecule has 0 spiro atoms. The molecule has 0 aliphatic carbocycles. The third-order valence-electron chi connectivity index (χ3n) is 2.73. The molecule has 1 aromatic rings. The first-order chi connectivity index (χ1) is 7.52. The van der Waals surface area contributed by atoms with Crippen LogP contribution in [0.1, 0.15) is 32.9 Å². The van der Waals surface area contributed by atoms with Crippen molar-refractivity contribution in [3.05, 3.63) is 11.1 Å². The number of aromatic nitrogens is 1. The van der Waals surface area contributed by atoms with Gasteiger partial charge < -0.3 is 10.4 Å². The molecular formula is C11H18N2O2S. The SMILES string of the molecule is CC[C@H](C)[C@H](C)Nc1nc(CC(=O)O)cs1. The lowest BCUT2D eigenvalue weighted by molar-refractivity contribution is -0.136. The van der Waals surface area contributed by atoms with Crippen LogP contribution in [-0.4, -0.2) is 22.1 Å². The minimum atomic E-state index is -0.841. The topological polar surface area (TPSA) is 62.2 Å². The highest BCUT2D eigenvalue weighted by atomic mass is 32.1. The zero-order valence-corrected chi connectivity index (χ0v) is 10.7. The van der Waals surface area contributed by atoms with Gasteiger partial charge in [-0.2, -0.15) is 0 Å². The summed E-state index contributed by atoms with van der Waals surface area (Å²) in [5.41, 5.74) is 0.622. The second kappa shape index (κ2) is 5.84. The molecule has 0 saturated heterocycles. The smallest absolute Gasteiger partial charge is 0.309 e. The van der Waals surface area contributed by atoms with Gasteiger partial charge in [-0.3, -0.25) is 4.79 Å². The summed E-state index contributed by atoms with van der Waals surface area (Å²) in [6, 6.07) is 0.355. The first kappa shape index (κ1) is 13.0. The Hall–Kier alpha value is -1.10. The number of nitrogens with one attached hydrogen (secondary N) is 1. The Morgan fingerprint density at radius 3 is 2.88 bits per heavy atom. The highest BCUT2D eigenvalue weighted by molar-refractivity contribution is 7.13. The molecule has 0 amide bonds. The quantitative estimate of drug-likeness (QED) is 0.805. The van der Waals surface area contributed by atoms with E-state index in [0.29, 0.717) is 17.7 Å². The first-order valence-electron chi connectivity index (χ1n) is 5.45. The molecule has 5 heteroatoms. The lowest BCUT2D eigenvalue weighted by Crippen LogP contribution is -2.23. The summed E-state index contributed by atoms with van der Waals surface area (Å²) in [5, 5.41) is 14.5. The van der Waals surface area contributed by atoms with E-state index < -0.39 is 5.97 Å². The molecule has 1 heterocycles. The van der Waals surface area contributed by atoms with Crippen LogP contribution in [0.4, 0.5) is 5.13 Å². The van der Waals surface area contributed by atoms with Crippen LogP contribution < -0.4 is 5.32 Å². The number of hydrogen-bond donors (Lipinski definition) is 2. The van der Waals surface area contributed by atoms with Crippen molar-refractivity contribution in [1.29, 1.82) is 0 Å². The Bertz CT molecular complexity index is 352. The normalized spacial score (nSPS) is 14.4. The minimum absolute atomic E-state index is 0.00408. The molecule has 0 aromatic carbocycles. The molecule has 2 N–H and O–H groups in total. The van der Waals surface area contributed by atoms with Crippen molar-refractivity contribution in [3.63, 3.8) is 0 Å². The van der Waals surface area contributed by atoms with E-state index in [9.17, 15) is 4.79 Å². The fraction of sp³-hybridized carbons (Fsp3) is 0.636. The lowest BCUT2D eigenvalue weighted by atomic mass is 10.0. The van der Waals surface area contributed by atoms with E-state index >= 15 is 0 Å². The van der Waals surface area contributed by atoms with Crippen LogP contribution in [0.5, 0.6) is 0 Å². The van der Waals surface area contributed by atoms with Gasteiger partial charge in [0.05, 0.1) is 12.1 Å². The number of anilines is 1. The predicted octanol–water partition coefficient (Wildman–Crippen LogP) is 2.62. The van der Waals surface area contributed by atoms with E-state index in [4.69, 9.17) is 5.11 Å². The molecule has 0 fully saturated rings. The third-order valence-corrected chi connectivity index (χ3v) is 3.56. The van der Waals surface area contributed by atoms with E-state index in [-0.39, 0.29) is 6.42 Å². The molecule has 4 nitrogen and oxygen atoms in total. The fourth-order valence-electron chi connectivity index (χ4n) is 1.30. The number of hydrogen-bond acceptors (Lipinski definition) is 4. The van der Waals surface area contributed by atoms with Crippen LogP contribution in [0.25, 0.3) is 0 Å². The molecule has 16 heavy (non-hydrogen) atoms. The number of aliphatic carboxylic acids is 1. The first-order valence-corrected chi connectivity index (χ1v) is 6.33. The van der Waals surface area contributed by atoms with Crippen LogP contribution in [0.3, 0.4) is 0 Å². The van der Waals surface area contributed by atoms with Crippen LogP contribution in [0, 0.1) is 5.92 Å². The lowest BCUT2D eigenvalue weighted by Gasteiger charge is -2.18. The van der Waals surface area contributed by atoms with Crippen LogP contribution in [0.2, 0.25) is 0 Å². The average Bonchev–Trinajstić information content (AvgIpc) is 2.63. The molecule has 0 radical (unpaired) electrons. The standard InChI is InChI=1S/C11H18N2O2S/c1-4-7(2)8(3)12-11-13-9(6-16-11)5-10(14)15/h6-8H,4-5H2,1-3H3,(H,12,13)(H,14,15)/t7-,8-/m0/s1. The summed E-state index contributed by atoms with van der Waals surface area (Å²) in [5.74, 6) is -0.265. The Labute approximate surface area is 99.7 Å². The van der Waals surface area contributed by atoms with E-state index in [2.05, 4.69) is 31.1 Å². The van der Waals surface area contributed by atoms with Crippen molar-refractivity contribution in [2.75, 3.05) is 5.32 Å². The number of carbonyl (C=O) groups is 1. The van der Waals surface area contributed by atoms with Crippen LogP contribution >= 0.6 is 11.3 Å². The number of nitrogens with zero attached hydrogens (tertiary/aromatic N) is 1. The maximum atomic E-state index is 10.5. The summed E-state index contributed by atoms with van der Waals surface area (Å²) in [6.45, 7) is 6.45. The highest BCUT2D eigenvalue weighted by Gasteiger charge is 2.12.